The third-order valence-corrected chi connectivity index (χ3v) is 5.51. The topological polar surface area (TPSA) is 63.3 Å². The fourth-order valence-corrected chi connectivity index (χ4v) is 3.67. The van der Waals surface area contributed by atoms with E-state index >= 15 is 0 Å². The molecule has 0 heterocycles. The minimum absolute atomic E-state index is 0.161. The molecule has 0 aromatic carbocycles. The second-order valence-electron chi connectivity index (χ2n) is 8.15. The number of rotatable bonds is 21. The van der Waals surface area contributed by atoms with Crippen molar-refractivity contribution in [3.05, 3.63) is 0 Å². The van der Waals surface area contributed by atoms with Crippen LogP contribution in [0.5, 0.6) is 0 Å². The predicted octanol–water partition coefficient (Wildman–Crippen LogP) is 6.51. The summed E-state index contributed by atoms with van der Waals surface area (Å²) in [5, 5.41) is 9.37. The monoisotopic (exact) mass is 369 g/mol. The molecule has 0 radical (unpaired) electrons. The van der Waals surface area contributed by atoms with Gasteiger partial charge in [0.1, 0.15) is 0 Å². The van der Waals surface area contributed by atoms with Gasteiger partial charge in [-0.3, -0.25) is 4.79 Å². The molecule has 0 aromatic heterocycles. The highest BCUT2D eigenvalue weighted by atomic mass is 16.3. The van der Waals surface area contributed by atoms with Gasteiger partial charge in [-0.25, -0.2) is 0 Å². The number of aliphatic hydroxyl groups excluding tert-OH is 1. The standard InChI is InChI=1S/C23H47NO2/c1-2-3-18-22(21-25)19-16-14-12-10-8-6-4-5-7-9-11-13-15-17-20-23(24)26/h22,25H,2-21H2,1H3,(H2,24,26). The van der Waals surface area contributed by atoms with Crippen molar-refractivity contribution in [3.63, 3.8) is 0 Å². The first-order valence-electron chi connectivity index (χ1n) is 11.6. The lowest BCUT2D eigenvalue weighted by Crippen LogP contribution is -2.09. The molecule has 0 rings (SSSR count). The van der Waals surface area contributed by atoms with Crippen molar-refractivity contribution >= 4 is 5.91 Å². The SMILES string of the molecule is CCCCC(CO)CCCCCCCCCCCCCCCCC(N)=O. The van der Waals surface area contributed by atoms with E-state index in [9.17, 15) is 9.90 Å². The number of primary amides is 1. The van der Waals surface area contributed by atoms with E-state index < -0.39 is 0 Å². The number of unbranched alkanes of at least 4 members (excludes halogenated alkanes) is 14. The van der Waals surface area contributed by atoms with Gasteiger partial charge >= 0.3 is 0 Å². The van der Waals surface area contributed by atoms with E-state index in [-0.39, 0.29) is 5.91 Å². The average molecular weight is 370 g/mol. The Hall–Kier alpha value is -0.570. The van der Waals surface area contributed by atoms with Gasteiger partial charge in [-0.15, -0.1) is 0 Å². The van der Waals surface area contributed by atoms with Crippen LogP contribution in [0.4, 0.5) is 0 Å². The van der Waals surface area contributed by atoms with Crippen LogP contribution in [0.2, 0.25) is 0 Å². The number of amides is 1. The Morgan fingerprint density at radius 1 is 0.692 bits per heavy atom. The van der Waals surface area contributed by atoms with Gasteiger partial charge in [0.15, 0.2) is 0 Å². The summed E-state index contributed by atoms with van der Waals surface area (Å²) < 4.78 is 0. The Morgan fingerprint density at radius 2 is 1.08 bits per heavy atom. The first-order valence-corrected chi connectivity index (χ1v) is 11.6. The zero-order valence-corrected chi connectivity index (χ0v) is 17.7. The van der Waals surface area contributed by atoms with Gasteiger partial charge in [-0.1, -0.05) is 103 Å². The summed E-state index contributed by atoms with van der Waals surface area (Å²) in [4.78, 5) is 10.6. The molecule has 3 nitrogen and oxygen atoms in total. The number of hydrogen-bond donors (Lipinski definition) is 2. The fourth-order valence-electron chi connectivity index (χ4n) is 3.67. The van der Waals surface area contributed by atoms with E-state index in [1.807, 2.05) is 0 Å². The van der Waals surface area contributed by atoms with Gasteiger partial charge in [0, 0.05) is 13.0 Å². The molecule has 0 aliphatic carbocycles. The fraction of sp³-hybridized carbons (Fsp3) is 0.957. The molecule has 0 aromatic rings. The van der Waals surface area contributed by atoms with Crippen molar-refractivity contribution in [2.45, 2.75) is 129 Å². The summed E-state index contributed by atoms with van der Waals surface area (Å²) in [5.41, 5.74) is 5.13. The summed E-state index contributed by atoms with van der Waals surface area (Å²) in [5.74, 6) is 0.393. The molecule has 26 heavy (non-hydrogen) atoms. The molecule has 0 saturated carbocycles. The predicted molar refractivity (Wildman–Crippen MR) is 113 cm³/mol. The molecule has 156 valence electrons. The Bertz CT molecular complexity index is 294. The quantitative estimate of drug-likeness (QED) is 0.226. The van der Waals surface area contributed by atoms with E-state index in [4.69, 9.17) is 5.73 Å². The minimum Gasteiger partial charge on any atom is -0.396 e. The Morgan fingerprint density at radius 3 is 1.46 bits per heavy atom. The third-order valence-electron chi connectivity index (χ3n) is 5.51. The Kier molecular flexibility index (Phi) is 20.3. The first kappa shape index (κ1) is 25.4. The second kappa shape index (κ2) is 20.7. The Labute approximate surface area is 163 Å². The van der Waals surface area contributed by atoms with Gasteiger partial charge < -0.3 is 10.8 Å². The smallest absolute Gasteiger partial charge is 0.217 e. The van der Waals surface area contributed by atoms with Crippen molar-refractivity contribution in [2.24, 2.45) is 11.7 Å². The maximum absolute atomic E-state index is 10.6. The summed E-state index contributed by atoms with van der Waals surface area (Å²) in [7, 11) is 0. The van der Waals surface area contributed by atoms with Gasteiger partial charge in [-0.05, 0) is 25.2 Å². The molecule has 0 fully saturated rings. The number of carbonyl (C=O) groups excluding carboxylic acids is 1. The molecule has 0 spiro atoms. The van der Waals surface area contributed by atoms with Crippen LogP contribution in [0.25, 0.3) is 0 Å². The first-order chi connectivity index (χ1) is 12.7. The van der Waals surface area contributed by atoms with Crippen LogP contribution in [0.1, 0.15) is 129 Å². The van der Waals surface area contributed by atoms with Crippen LogP contribution in [-0.2, 0) is 4.79 Å². The molecule has 0 aliphatic heterocycles. The largest absolute Gasteiger partial charge is 0.396 e. The van der Waals surface area contributed by atoms with Gasteiger partial charge in [0.25, 0.3) is 0 Å². The summed E-state index contributed by atoms with van der Waals surface area (Å²) in [6.45, 7) is 2.61. The summed E-state index contributed by atoms with van der Waals surface area (Å²) >= 11 is 0. The zero-order chi connectivity index (χ0) is 19.3. The van der Waals surface area contributed by atoms with Crippen molar-refractivity contribution in [2.75, 3.05) is 6.61 Å². The van der Waals surface area contributed by atoms with E-state index in [1.165, 1.54) is 103 Å². The minimum atomic E-state index is -0.161. The van der Waals surface area contributed by atoms with Crippen LogP contribution in [0, 0.1) is 5.92 Å². The summed E-state index contributed by atoms with van der Waals surface area (Å²) in [6.07, 6.45) is 23.9. The molecule has 1 unspecified atom stereocenters. The van der Waals surface area contributed by atoms with Crippen molar-refractivity contribution in [1.29, 1.82) is 0 Å². The highest BCUT2D eigenvalue weighted by Gasteiger charge is 2.06. The number of nitrogens with two attached hydrogens (primary N) is 1. The van der Waals surface area contributed by atoms with Gasteiger partial charge in [0.05, 0.1) is 0 Å². The molecule has 0 bridgehead atoms. The van der Waals surface area contributed by atoms with Crippen LogP contribution >= 0.6 is 0 Å². The molecule has 1 amide bonds. The van der Waals surface area contributed by atoms with E-state index in [0.29, 0.717) is 18.9 Å². The van der Waals surface area contributed by atoms with Crippen molar-refractivity contribution in [1.82, 2.24) is 0 Å². The average Bonchev–Trinajstić information content (AvgIpc) is 2.63. The van der Waals surface area contributed by atoms with Crippen molar-refractivity contribution in [3.8, 4) is 0 Å². The van der Waals surface area contributed by atoms with Gasteiger partial charge in [0.2, 0.25) is 5.91 Å². The van der Waals surface area contributed by atoms with Crippen molar-refractivity contribution < 1.29 is 9.90 Å². The highest BCUT2D eigenvalue weighted by molar-refractivity contribution is 5.73. The summed E-state index contributed by atoms with van der Waals surface area (Å²) in [6, 6.07) is 0. The lowest BCUT2D eigenvalue weighted by molar-refractivity contribution is -0.118. The molecule has 1 atom stereocenters. The molecular weight excluding hydrogens is 322 g/mol. The number of carbonyl (C=O) groups is 1. The van der Waals surface area contributed by atoms with E-state index in [1.54, 1.807) is 0 Å². The molecule has 3 heteroatoms. The molecule has 3 N–H and O–H groups in total. The highest BCUT2D eigenvalue weighted by Crippen LogP contribution is 2.18. The second-order valence-corrected chi connectivity index (χ2v) is 8.15. The molecule has 0 aliphatic rings. The lowest BCUT2D eigenvalue weighted by Gasteiger charge is -2.13. The lowest BCUT2D eigenvalue weighted by atomic mass is 9.96. The molecular formula is C23H47NO2. The van der Waals surface area contributed by atoms with Gasteiger partial charge in [-0.2, -0.15) is 0 Å². The normalized spacial score (nSPS) is 12.4. The van der Waals surface area contributed by atoms with Crippen LogP contribution in [0.15, 0.2) is 0 Å². The van der Waals surface area contributed by atoms with Crippen LogP contribution in [-0.4, -0.2) is 17.6 Å². The van der Waals surface area contributed by atoms with Crippen LogP contribution < -0.4 is 5.73 Å². The van der Waals surface area contributed by atoms with E-state index in [0.717, 1.165) is 12.8 Å². The maximum atomic E-state index is 10.6. The Balaban J connectivity index is 3.14. The third kappa shape index (κ3) is 19.8. The zero-order valence-electron chi connectivity index (χ0n) is 17.7. The maximum Gasteiger partial charge on any atom is 0.217 e. The van der Waals surface area contributed by atoms with Crippen LogP contribution in [0.3, 0.4) is 0 Å². The number of hydrogen-bond acceptors (Lipinski definition) is 2. The molecule has 0 saturated heterocycles. The number of aliphatic hydroxyl groups is 1. The van der Waals surface area contributed by atoms with E-state index in [2.05, 4.69) is 6.92 Å².